The number of carboxylic acids is 1. The van der Waals surface area contributed by atoms with Crippen LogP contribution in [0.1, 0.15) is 23.0 Å². The van der Waals surface area contributed by atoms with Gasteiger partial charge in [0.25, 0.3) is 0 Å². The molecule has 0 atom stereocenters. The lowest BCUT2D eigenvalue weighted by Crippen LogP contribution is -2.24. The number of likely N-dealkylation sites (N-methyl/N-ethyl adjacent to an activating group) is 1. The Kier molecular flexibility index (Phi) is 5.51. The molecule has 0 aliphatic carbocycles. The molecule has 0 aliphatic heterocycles. The van der Waals surface area contributed by atoms with Crippen LogP contribution in [0, 0.1) is 0 Å². The van der Waals surface area contributed by atoms with Crippen molar-refractivity contribution < 1.29 is 14.6 Å². The van der Waals surface area contributed by atoms with Gasteiger partial charge in [-0.3, -0.25) is 4.90 Å². The largest absolute Gasteiger partial charge is 0.478 e. The molecule has 1 aromatic heterocycles. The number of rotatable bonds is 7. The topological polar surface area (TPSA) is 75.5 Å². The van der Waals surface area contributed by atoms with E-state index in [1.807, 2.05) is 18.9 Å². The second kappa shape index (κ2) is 6.93. The molecule has 0 bridgehead atoms. The summed E-state index contributed by atoms with van der Waals surface area (Å²) >= 11 is 0. The predicted octanol–water partition coefficient (Wildman–Crippen LogP) is 0.643. The maximum Gasteiger partial charge on any atom is 0.339 e. The first kappa shape index (κ1) is 13.5. The number of hydrogen-bond acceptors (Lipinski definition) is 5. The van der Waals surface area contributed by atoms with E-state index >= 15 is 0 Å². The molecule has 94 valence electrons. The second-order valence-electron chi connectivity index (χ2n) is 3.62. The van der Waals surface area contributed by atoms with Crippen LogP contribution in [0.4, 0.5) is 0 Å². The van der Waals surface area contributed by atoms with Crippen LogP contribution >= 0.6 is 0 Å². The summed E-state index contributed by atoms with van der Waals surface area (Å²) in [6.07, 6.45) is 2.68. The average molecular weight is 239 g/mol. The number of aromatic nitrogens is 2. The van der Waals surface area contributed by atoms with Crippen molar-refractivity contribution in [3.05, 3.63) is 23.8 Å². The zero-order chi connectivity index (χ0) is 12.7. The van der Waals surface area contributed by atoms with E-state index in [-0.39, 0.29) is 5.56 Å². The summed E-state index contributed by atoms with van der Waals surface area (Å²) in [5.74, 6) is -1.00. The maximum atomic E-state index is 10.9. The molecule has 6 heteroatoms. The van der Waals surface area contributed by atoms with Gasteiger partial charge >= 0.3 is 5.97 Å². The van der Waals surface area contributed by atoms with Crippen molar-refractivity contribution >= 4 is 5.97 Å². The van der Waals surface area contributed by atoms with Gasteiger partial charge in [-0.2, -0.15) is 0 Å². The van der Waals surface area contributed by atoms with E-state index in [4.69, 9.17) is 9.84 Å². The van der Waals surface area contributed by atoms with Crippen LogP contribution in [0.2, 0.25) is 0 Å². The van der Waals surface area contributed by atoms with Crippen molar-refractivity contribution in [2.24, 2.45) is 0 Å². The standard InChI is InChI=1S/C11H17N3O3/c1-3-17-5-4-14(2)7-10-9(11(15)16)6-12-8-13-10/h6,8H,3-5,7H2,1-2H3,(H,15,16). The summed E-state index contributed by atoms with van der Waals surface area (Å²) < 4.78 is 5.23. The van der Waals surface area contributed by atoms with E-state index < -0.39 is 5.97 Å². The maximum absolute atomic E-state index is 10.9. The molecule has 1 N–H and O–H groups in total. The fraction of sp³-hybridized carbons (Fsp3) is 0.545. The number of ether oxygens (including phenoxy) is 1. The van der Waals surface area contributed by atoms with Crippen molar-refractivity contribution in [3.63, 3.8) is 0 Å². The Balaban J connectivity index is 2.58. The van der Waals surface area contributed by atoms with E-state index in [0.717, 1.165) is 6.54 Å². The molecule has 0 amide bonds. The molecule has 1 aromatic rings. The Bertz CT molecular complexity index is 371. The van der Waals surface area contributed by atoms with E-state index in [1.54, 1.807) is 0 Å². The van der Waals surface area contributed by atoms with Gasteiger partial charge in [0.05, 0.1) is 12.3 Å². The summed E-state index contributed by atoms with van der Waals surface area (Å²) in [7, 11) is 1.90. The fourth-order valence-electron chi connectivity index (χ4n) is 1.36. The molecule has 0 unspecified atom stereocenters. The van der Waals surface area contributed by atoms with Gasteiger partial charge in [0.15, 0.2) is 0 Å². The van der Waals surface area contributed by atoms with Gasteiger partial charge in [0, 0.05) is 25.9 Å². The third-order valence-corrected chi connectivity index (χ3v) is 2.27. The minimum absolute atomic E-state index is 0.149. The molecule has 0 saturated carbocycles. The summed E-state index contributed by atoms with van der Waals surface area (Å²) in [6.45, 7) is 4.45. The molecular formula is C11H17N3O3. The molecule has 0 spiro atoms. The van der Waals surface area contributed by atoms with Crippen molar-refractivity contribution in [2.45, 2.75) is 13.5 Å². The molecule has 1 rings (SSSR count). The van der Waals surface area contributed by atoms with Crippen molar-refractivity contribution in [3.8, 4) is 0 Å². The molecule has 0 saturated heterocycles. The van der Waals surface area contributed by atoms with E-state index in [2.05, 4.69) is 9.97 Å². The molecule has 0 radical (unpaired) electrons. The highest BCUT2D eigenvalue weighted by atomic mass is 16.5. The van der Waals surface area contributed by atoms with Crippen LogP contribution in [0.3, 0.4) is 0 Å². The first-order chi connectivity index (χ1) is 8.15. The van der Waals surface area contributed by atoms with Crippen molar-refractivity contribution in [1.29, 1.82) is 0 Å². The highest BCUT2D eigenvalue weighted by molar-refractivity contribution is 5.88. The molecule has 0 fully saturated rings. The minimum atomic E-state index is -1.00. The molecule has 1 heterocycles. The SMILES string of the molecule is CCOCCN(C)Cc1ncncc1C(=O)O. The van der Waals surface area contributed by atoms with Gasteiger partial charge in [-0.05, 0) is 14.0 Å². The number of carbonyl (C=O) groups is 1. The summed E-state index contributed by atoms with van der Waals surface area (Å²) in [6, 6.07) is 0. The van der Waals surface area contributed by atoms with Gasteiger partial charge in [-0.15, -0.1) is 0 Å². The monoisotopic (exact) mass is 239 g/mol. The quantitative estimate of drug-likeness (QED) is 0.704. The second-order valence-corrected chi connectivity index (χ2v) is 3.62. The highest BCUT2D eigenvalue weighted by Gasteiger charge is 2.12. The smallest absolute Gasteiger partial charge is 0.339 e. The van der Waals surface area contributed by atoms with Crippen molar-refractivity contribution in [1.82, 2.24) is 14.9 Å². The van der Waals surface area contributed by atoms with Crippen LogP contribution in [-0.4, -0.2) is 52.7 Å². The Morgan fingerprint density at radius 2 is 2.35 bits per heavy atom. The van der Waals surface area contributed by atoms with Gasteiger partial charge in [-0.25, -0.2) is 14.8 Å². The predicted molar refractivity (Wildman–Crippen MR) is 61.8 cm³/mol. The van der Waals surface area contributed by atoms with Crippen LogP contribution in [-0.2, 0) is 11.3 Å². The summed E-state index contributed by atoms with van der Waals surface area (Å²) in [5.41, 5.74) is 0.669. The van der Waals surface area contributed by atoms with Crippen LogP contribution in [0.5, 0.6) is 0 Å². The summed E-state index contributed by atoms with van der Waals surface area (Å²) in [4.78, 5) is 20.6. The van der Waals surface area contributed by atoms with E-state index in [1.165, 1.54) is 12.5 Å². The zero-order valence-electron chi connectivity index (χ0n) is 10.1. The molecule has 6 nitrogen and oxygen atoms in total. The molecule has 17 heavy (non-hydrogen) atoms. The van der Waals surface area contributed by atoms with E-state index in [9.17, 15) is 4.79 Å². The first-order valence-electron chi connectivity index (χ1n) is 5.43. The molecular weight excluding hydrogens is 222 g/mol. The van der Waals surface area contributed by atoms with Crippen molar-refractivity contribution in [2.75, 3.05) is 26.8 Å². The van der Waals surface area contributed by atoms with Gasteiger partial charge in [0.1, 0.15) is 11.9 Å². The Hall–Kier alpha value is -1.53. The fourth-order valence-corrected chi connectivity index (χ4v) is 1.36. The third-order valence-electron chi connectivity index (χ3n) is 2.27. The van der Waals surface area contributed by atoms with Crippen LogP contribution < -0.4 is 0 Å². The van der Waals surface area contributed by atoms with Crippen LogP contribution in [0.15, 0.2) is 12.5 Å². The normalized spacial score (nSPS) is 10.8. The van der Waals surface area contributed by atoms with Gasteiger partial charge in [-0.1, -0.05) is 0 Å². The lowest BCUT2D eigenvalue weighted by atomic mass is 10.2. The summed E-state index contributed by atoms with van der Waals surface area (Å²) in [5, 5.41) is 8.97. The lowest BCUT2D eigenvalue weighted by Gasteiger charge is -2.16. The number of nitrogens with zero attached hydrogens (tertiary/aromatic N) is 3. The Labute approximate surface area is 100 Å². The highest BCUT2D eigenvalue weighted by Crippen LogP contribution is 2.06. The number of carboxylic acid groups (broad SMARTS) is 1. The van der Waals surface area contributed by atoms with E-state index in [0.29, 0.717) is 25.5 Å². The first-order valence-corrected chi connectivity index (χ1v) is 5.43. The van der Waals surface area contributed by atoms with Crippen LogP contribution in [0.25, 0.3) is 0 Å². The molecule has 0 aromatic carbocycles. The van der Waals surface area contributed by atoms with Gasteiger partial charge < -0.3 is 9.84 Å². The van der Waals surface area contributed by atoms with Gasteiger partial charge in [0.2, 0.25) is 0 Å². The minimum Gasteiger partial charge on any atom is -0.478 e. The average Bonchev–Trinajstić information content (AvgIpc) is 2.29. The third kappa shape index (κ3) is 4.46. The Morgan fingerprint density at radius 1 is 1.59 bits per heavy atom. The lowest BCUT2D eigenvalue weighted by molar-refractivity contribution is 0.0693. The number of aromatic carboxylic acids is 1. The number of hydrogen-bond donors (Lipinski definition) is 1. The Morgan fingerprint density at radius 3 is 3.00 bits per heavy atom. The molecule has 0 aliphatic rings. The zero-order valence-corrected chi connectivity index (χ0v) is 10.1.